The van der Waals surface area contributed by atoms with E-state index in [0.29, 0.717) is 31.9 Å². The van der Waals surface area contributed by atoms with Crippen LogP contribution in [0.1, 0.15) is 19.3 Å². The number of rotatable bonds is 8. The van der Waals surface area contributed by atoms with Gasteiger partial charge < -0.3 is 15.0 Å². The number of para-hydroxylation sites is 2. The molecule has 0 aromatic heterocycles. The summed E-state index contributed by atoms with van der Waals surface area (Å²) in [6.45, 7) is 3.04. The smallest absolute Gasteiger partial charge is 0.220 e. The minimum Gasteiger partial charge on any atom is -0.491 e. The molecule has 5 heteroatoms. The van der Waals surface area contributed by atoms with Crippen LogP contribution in [0.4, 0.5) is 10.1 Å². The Balaban J connectivity index is 1.30. The lowest BCUT2D eigenvalue weighted by atomic mass is 10.1. The van der Waals surface area contributed by atoms with E-state index in [0.717, 1.165) is 19.5 Å². The van der Waals surface area contributed by atoms with Crippen LogP contribution in [0, 0.1) is 11.7 Å². The summed E-state index contributed by atoms with van der Waals surface area (Å²) in [5.74, 6) is 0.370. The fourth-order valence-electron chi connectivity index (χ4n) is 3.20. The van der Waals surface area contributed by atoms with E-state index in [-0.39, 0.29) is 17.5 Å². The Morgan fingerprint density at radius 3 is 2.73 bits per heavy atom. The van der Waals surface area contributed by atoms with E-state index < -0.39 is 0 Å². The maximum Gasteiger partial charge on any atom is 0.220 e. The minimum atomic E-state index is -0.374. The number of halogens is 1. The summed E-state index contributed by atoms with van der Waals surface area (Å²) in [7, 11) is 0. The summed E-state index contributed by atoms with van der Waals surface area (Å²) < 4.78 is 18.8. The van der Waals surface area contributed by atoms with Crippen LogP contribution in [0.3, 0.4) is 0 Å². The molecule has 1 saturated heterocycles. The van der Waals surface area contributed by atoms with Crippen LogP contribution in [-0.2, 0) is 4.79 Å². The second kappa shape index (κ2) is 9.22. The van der Waals surface area contributed by atoms with Gasteiger partial charge in [-0.1, -0.05) is 30.3 Å². The second-order valence-corrected chi connectivity index (χ2v) is 6.62. The third-order valence-corrected chi connectivity index (χ3v) is 4.64. The average molecular weight is 356 g/mol. The molecule has 3 rings (SSSR count). The van der Waals surface area contributed by atoms with Gasteiger partial charge in [-0.2, -0.15) is 0 Å². The summed E-state index contributed by atoms with van der Waals surface area (Å²) in [5, 5.41) is 3.01. The predicted molar refractivity (Wildman–Crippen MR) is 101 cm³/mol. The van der Waals surface area contributed by atoms with Crippen molar-refractivity contribution < 1.29 is 13.9 Å². The maximum atomic E-state index is 13.4. The first-order valence-corrected chi connectivity index (χ1v) is 9.16. The Labute approximate surface area is 154 Å². The van der Waals surface area contributed by atoms with Crippen LogP contribution < -0.4 is 15.0 Å². The molecule has 1 aliphatic heterocycles. The number of carbonyl (C=O) groups is 1. The van der Waals surface area contributed by atoms with Crippen molar-refractivity contribution in [2.45, 2.75) is 19.3 Å². The lowest BCUT2D eigenvalue weighted by molar-refractivity contribution is -0.121. The Morgan fingerprint density at radius 2 is 1.92 bits per heavy atom. The van der Waals surface area contributed by atoms with Crippen molar-refractivity contribution in [3.05, 3.63) is 60.4 Å². The third kappa shape index (κ3) is 5.22. The van der Waals surface area contributed by atoms with Gasteiger partial charge in [0, 0.05) is 31.7 Å². The number of ether oxygens (including phenoxy) is 1. The van der Waals surface area contributed by atoms with Gasteiger partial charge in [0.2, 0.25) is 5.91 Å². The molecular weight excluding hydrogens is 331 g/mol. The zero-order chi connectivity index (χ0) is 18.2. The number of carbonyl (C=O) groups excluding carboxylic acids is 1. The van der Waals surface area contributed by atoms with Crippen molar-refractivity contribution in [2.24, 2.45) is 5.92 Å². The minimum absolute atomic E-state index is 0.0281. The number of nitrogens with zero attached hydrogens (tertiary/aromatic N) is 1. The fraction of sp³-hybridized carbons (Fsp3) is 0.381. The number of amides is 1. The Bertz CT molecular complexity index is 708. The van der Waals surface area contributed by atoms with Crippen LogP contribution in [0.15, 0.2) is 54.6 Å². The molecule has 2 aromatic carbocycles. The molecule has 1 heterocycles. The molecule has 0 bridgehead atoms. The van der Waals surface area contributed by atoms with Crippen molar-refractivity contribution in [1.29, 1.82) is 0 Å². The number of hydrogen-bond donors (Lipinski definition) is 1. The maximum absolute atomic E-state index is 13.4. The molecule has 0 aliphatic carbocycles. The molecule has 0 spiro atoms. The highest BCUT2D eigenvalue weighted by Crippen LogP contribution is 2.23. The van der Waals surface area contributed by atoms with Crippen LogP contribution in [0.25, 0.3) is 0 Å². The quantitative estimate of drug-likeness (QED) is 0.735. The van der Waals surface area contributed by atoms with Crippen molar-refractivity contribution in [1.82, 2.24) is 5.32 Å². The number of benzene rings is 2. The molecule has 2 aromatic rings. The highest BCUT2D eigenvalue weighted by molar-refractivity contribution is 5.75. The molecule has 1 unspecified atom stereocenters. The highest BCUT2D eigenvalue weighted by Gasteiger charge is 2.22. The van der Waals surface area contributed by atoms with Gasteiger partial charge in [-0.25, -0.2) is 4.39 Å². The lowest BCUT2D eigenvalue weighted by Crippen LogP contribution is -2.31. The van der Waals surface area contributed by atoms with Crippen LogP contribution in [0.2, 0.25) is 0 Å². The van der Waals surface area contributed by atoms with Crippen molar-refractivity contribution in [3.8, 4) is 5.75 Å². The fourth-order valence-corrected chi connectivity index (χ4v) is 3.20. The van der Waals surface area contributed by atoms with Gasteiger partial charge in [0.1, 0.15) is 0 Å². The number of nitrogens with one attached hydrogen (secondary N) is 1. The summed E-state index contributed by atoms with van der Waals surface area (Å²) in [6.07, 6.45) is 2.05. The topological polar surface area (TPSA) is 41.6 Å². The van der Waals surface area contributed by atoms with Gasteiger partial charge in [-0.05, 0) is 43.0 Å². The third-order valence-electron chi connectivity index (χ3n) is 4.64. The number of hydrogen-bond acceptors (Lipinski definition) is 3. The van der Waals surface area contributed by atoms with E-state index in [1.165, 1.54) is 11.8 Å². The molecule has 1 atom stereocenters. The van der Waals surface area contributed by atoms with Gasteiger partial charge in [-0.15, -0.1) is 0 Å². The van der Waals surface area contributed by atoms with Gasteiger partial charge >= 0.3 is 0 Å². The average Bonchev–Trinajstić information content (AvgIpc) is 3.15. The zero-order valence-electron chi connectivity index (χ0n) is 14.9. The van der Waals surface area contributed by atoms with E-state index >= 15 is 0 Å². The standard InChI is InChI=1S/C21H25FN2O2/c22-19-9-4-5-10-20(19)26-14-6-11-21(25)23-15-17-12-13-24(16-17)18-7-2-1-3-8-18/h1-5,7-10,17H,6,11-16H2,(H,23,25). The van der Waals surface area contributed by atoms with E-state index in [9.17, 15) is 9.18 Å². The first kappa shape index (κ1) is 18.2. The van der Waals surface area contributed by atoms with E-state index in [2.05, 4.69) is 22.3 Å². The summed E-state index contributed by atoms with van der Waals surface area (Å²) in [5.41, 5.74) is 1.24. The lowest BCUT2D eigenvalue weighted by Gasteiger charge is -2.18. The molecule has 138 valence electrons. The predicted octanol–water partition coefficient (Wildman–Crippen LogP) is 3.63. The highest BCUT2D eigenvalue weighted by atomic mass is 19.1. The van der Waals surface area contributed by atoms with Gasteiger partial charge in [0.25, 0.3) is 0 Å². The van der Waals surface area contributed by atoms with Gasteiger partial charge in [0.05, 0.1) is 6.61 Å². The largest absolute Gasteiger partial charge is 0.491 e. The molecule has 4 nitrogen and oxygen atoms in total. The van der Waals surface area contributed by atoms with E-state index in [1.54, 1.807) is 18.2 Å². The van der Waals surface area contributed by atoms with E-state index in [1.807, 2.05) is 18.2 Å². The number of anilines is 1. The normalized spacial score (nSPS) is 16.5. The molecule has 0 saturated carbocycles. The Hall–Kier alpha value is -2.56. The summed E-state index contributed by atoms with van der Waals surface area (Å²) in [6, 6.07) is 16.7. The molecule has 1 N–H and O–H groups in total. The molecule has 1 fully saturated rings. The molecule has 26 heavy (non-hydrogen) atoms. The second-order valence-electron chi connectivity index (χ2n) is 6.62. The van der Waals surface area contributed by atoms with Gasteiger partial charge in [-0.3, -0.25) is 4.79 Å². The molecule has 0 radical (unpaired) electrons. The van der Waals surface area contributed by atoms with Crippen LogP contribution in [0.5, 0.6) is 5.75 Å². The Morgan fingerprint density at radius 1 is 1.15 bits per heavy atom. The van der Waals surface area contributed by atoms with Crippen molar-refractivity contribution in [2.75, 3.05) is 31.1 Å². The van der Waals surface area contributed by atoms with Gasteiger partial charge in [0.15, 0.2) is 11.6 Å². The zero-order valence-corrected chi connectivity index (χ0v) is 14.9. The van der Waals surface area contributed by atoms with E-state index in [4.69, 9.17) is 4.74 Å². The van der Waals surface area contributed by atoms with Crippen LogP contribution in [-0.4, -0.2) is 32.1 Å². The molecule has 1 amide bonds. The summed E-state index contributed by atoms with van der Waals surface area (Å²) >= 11 is 0. The summed E-state index contributed by atoms with van der Waals surface area (Å²) in [4.78, 5) is 14.3. The molecule has 1 aliphatic rings. The SMILES string of the molecule is O=C(CCCOc1ccccc1F)NCC1CCN(c2ccccc2)C1. The first-order chi connectivity index (χ1) is 12.7. The monoisotopic (exact) mass is 356 g/mol. The molecular formula is C21H25FN2O2. The van der Waals surface area contributed by atoms with Crippen molar-refractivity contribution >= 4 is 11.6 Å². The first-order valence-electron chi connectivity index (χ1n) is 9.16. The van der Waals surface area contributed by atoms with Crippen molar-refractivity contribution in [3.63, 3.8) is 0 Å². The Kier molecular flexibility index (Phi) is 6.47. The van der Waals surface area contributed by atoms with Crippen LogP contribution >= 0.6 is 0 Å².